The van der Waals surface area contributed by atoms with Gasteiger partial charge in [0.2, 0.25) is 0 Å². The van der Waals surface area contributed by atoms with Crippen LogP contribution in [0.5, 0.6) is 0 Å². The lowest BCUT2D eigenvalue weighted by Crippen LogP contribution is -2.31. The van der Waals surface area contributed by atoms with Crippen LogP contribution in [0.15, 0.2) is 42.7 Å². The molecule has 1 heterocycles. The molecule has 4 nitrogen and oxygen atoms in total. The van der Waals surface area contributed by atoms with E-state index in [1.165, 1.54) is 5.56 Å². The lowest BCUT2D eigenvalue weighted by atomic mass is 10.2. The molecule has 0 fully saturated rings. The fourth-order valence-corrected chi connectivity index (χ4v) is 1.90. The van der Waals surface area contributed by atoms with E-state index in [1.54, 1.807) is 12.4 Å². The highest BCUT2D eigenvalue weighted by atomic mass is 15.2. The SMILES string of the molecule is CC(C)N(Cc1ccccc1)c1nccnc1C#N. The second-order valence-corrected chi connectivity index (χ2v) is 4.55. The van der Waals surface area contributed by atoms with Gasteiger partial charge in [0, 0.05) is 25.0 Å². The predicted octanol–water partition coefficient (Wildman–Crippen LogP) is 2.76. The normalized spacial score (nSPS) is 10.2. The smallest absolute Gasteiger partial charge is 0.183 e. The average molecular weight is 252 g/mol. The molecule has 2 aromatic rings. The average Bonchev–Trinajstić information content (AvgIpc) is 2.45. The molecule has 96 valence electrons. The third-order valence-corrected chi connectivity index (χ3v) is 2.88. The predicted molar refractivity (Wildman–Crippen MR) is 74.5 cm³/mol. The van der Waals surface area contributed by atoms with Gasteiger partial charge < -0.3 is 4.90 Å². The molecule has 4 heteroatoms. The van der Waals surface area contributed by atoms with Crippen LogP contribution in [-0.2, 0) is 6.54 Å². The molecule has 0 radical (unpaired) electrons. The molecule has 0 aliphatic heterocycles. The maximum Gasteiger partial charge on any atom is 0.183 e. The van der Waals surface area contributed by atoms with Gasteiger partial charge in [0.05, 0.1) is 0 Å². The first kappa shape index (κ1) is 13.0. The van der Waals surface area contributed by atoms with Crippen molar-refractivity contribution < 1.29 is 0 Å². The summed E-state index contributed by atoms with van der Waals surface area (Å²) in [6.45, 7) is 4.88. The van der Waals surface area contributed by atoms with Gasteiger partial charge in [-0.1, -0.05) is 30.3 Å². The van der Waals surface area contributed by atoms with Gasteiger partial charge in [-0.15, -0.1) is 0 Å². The van der Waals surface area contributed by atoms with E-state index in [4.69, 9.17) is 5.26 Å². The van der Waals surface area contributed by atoms with Crippen molar-refractivity contribution in [1.82, 2.24) is 9.97 Å². The zero-order chi connectivity index (χ0) is 13.7. The Bertz CT molecular complexity index is 572. The van der Waals surface area contributed by atoms with Gasteiger partial charge in [-0.3, -0.25) is 0 Å². The van der Waals surface area contributed by atoms with E-state index in [2.05, 4.69) is 46.9 Å². The number of nitrogens with zero attached hydrogens (tertiary/aromatic N) is 4. The summed E-state index contributed by atoms with van der Waals surface area (Å²) in [6.07, 6.45) is 3.17. The number of hydrogen-bond acceptors (Lipinski definition) is 4. The number of rotatable bonds is 4. The Kier molecular flexibility index (Phi) is 4.09. The minimum atomic E-state index is 0.240. The van der Waals surface area contributed by atoms with Crippen LogP contribution >= 0.6 is 0 Å². The minimum Gasteiger partial charge on any atom is -0.347 e. The summed E-state index contributed by atoms with van der Waals surface area (Å²) in [5.74, 6) is 0.642. The monoisotopic (exact) mass is 252 g/mol. The molecule has 0 bridgehead atoms. The number of nitriles is 1. The van der Waals surface area contributed by atoms with Crippen molar-refractivity contribution in [3.63, 3.8) is 0 Å². The van der Waals surface area contributed by atoms with Gasteiger partial charge in [0.15, 0.2) is 11.5 Å². The Hall–Kier alpha value is -2.41. The van der Waals surface area contributed by atoms with Crippen molar-refractivity contribution in [2.75, 3.05) is 4.90 Å². The number of benzene rings is 1. The summed E-state index contributed by atoms with van der Waals surface area (Å²) in [5, 5.41) is 9.14. The van der Waals surface area contributed by atoms with E-state index in [0.717, 1.165) is 0 Å². The van der Waals surface area contributed by atoms with Crippen LogP contribution in [0.3, 0.4) is 0 Å². The molecule has 2 rings (SSSR count). The van der Waals surface area contributed by atoms with Crippen molar-refractivity contribution in [3.8, 4) is 6.07 Å². The molecule has 19 heavy (non-hydrogen) atoms. The van der Waals surface area contributed by atoms with E-state index >= 15 is 0 Å². The highest BCUT2D eigenvalue weighted by molar-refractivity contribution is 5.50. The lowest BCUT2D eigenvalue weighted by molar-refractivity contribution is 0.669. The van der Waals surface area contributed by atoms with E-state index in [1.807, 2.05) is 18.2 Å². The van der Waals surface area contributed by atoms with Crippen LogP contribution in [0.1, 0.15) is 25.1 Å². The fourth-order valence-electron chi connectivity index (χ4n) is 1.90. The van der Waals surface area contributed by atoms with E-state index in [-0.39, 0.29) is 6.04 Å². The van der Waals surface area contributed by atoms with Crippen LogP contribution in [-0.4, -0.2) is 16.0 Å². The molecule has 0 saturated heterocycles. The Balaban J connectivity index is 2.33. The Labute approximate surface area is 113 Å². The number of anilines is 1. The van der Waals surface area contributed by atoms with Crippen LogP contribution < -0.4 is 4.90 Å². The van der Waals surface area contributed by atoms with Crippen LogP contribution in [0, 0.1) is 11.3 Å². The zero-order valence-electron chi connectivity index (χ0n) is 11.1. The van der Waals surface area contributed by atoms with E-state index in [0.29, 0.717) is 18.1 Å². The minimum absolute atomic E-state index is 0.240. The first-order valence-corrected chi connectivity index (χ1v) is 6.24. The van der Waals surface area contributed by atoms with Crippen molar-refractivity contribution in [2.45, 2.75) is 26.4 Å². The molecule has 1 aromatic heterocycles. The lowest BCUT2D eigenvalue weighted by Gasteiger charge is -2.28. The molecule has 0 aliphatic carbocycles. The van der Waals surface area contributed by atoms with Gasteiger partial charge in [-0.2, -0.15) is 5.26 Å². The van der Waals surface area contributed by atoms with Crippen molar-refractivity contribution in [2.24, 2.45) is 0 Å². The second-order valence-electron chi connectivity index (χ2n) is 4.55. The van der Waals surface area contributed by atoms with Crippen molar-refractivity contribution in [1.29, 1.82) is 5.26 Å². The number of aromatic nitrogens is 2. The topological polar surface area (TPSA) is 52.8 Å². The van der Waals surface area contributed by atoms with Crippen LogP contribution in [0.25, 0.3) is 0 Å². The molecule has 1 aromatic carbocycles. The Morgan fingerprint density at radius 2 is 1.84 bits per heavy atom. The first-order chi connectivity index (χ1) is 9.22. The van der Waals surface area contributed by atoms with Gasteiger partial charge in [0.1, 0.15) is 6.07 Å². The summed E-state index contributed by atoms with van der Waals surface area (Å²) < 4.78 is 0. The number of hydrogen-bond donors (Lipinski definition) is 0. The zero-order valence-corrected chi connectivity index (χ0v) is 11.1. The third kappa shape index (κ3) is 3.08. The molecule has 0 amide bonds. The maximum absolute atomic E-state index is 9.14. The molecule has 0 spiro atoms. The summed E-state index contributed by atoms with van der Waals surface area (Å²) in [6, 6.07) is 12.5. The molecule has 0 saturated carbocycles. The maximum atomic E-state index is 9.14. The molecular formula is C15H16N4. The summed E-state index contributed by atoms with van der Waals surface area (Å²) in [4.78, 5) is 10.5. The summed E-state index contributed by atoms with van der Waals surface area (Å²) in [7, 11) is 0. The standard InChI is InChI=1S/C15H16N4/c1-12(2)19(11-13-6-4-3-5-7-13)15-14(10-16)17-8-9-18-15/h3-9,12H,11H2,1-2H3. The van der Waals surface area contributed by atoms with Crippen LogP contribution in [0.2, 0.25) is 0 Å². The highest BCUT2D eigenvalue weighted by Gasteiger charge is 2.16. The molecular weight excluding hydrogens is 236 g/mol. The molecule has 0 N–H and O–H groups in total. The molecule has 0 aliphatic rings. The summed E-state index contributed by atoms with van der Waals surface area (Å²) >= 11 is 0. The van der Waals surface area contributed by atoms with Gasteiger partial charge in [0.25, 0.3) is 0 Å². The summed E-state index contributed by atoms with van der Waals surface area (Å²) in [5.41, 5.74) is 1.55. The van der Waals surface area contributed by atoms with Crippen molar-refractivity contribution in [3.05, 3.63) is 54.0 Å². The highest BCUT2D eigenvalue weighted by Crippen LogP contribution is 2.19. The largest absolute Gasteiger partial charge is 0.347 e. The second kappa shape index (κ2) is 5.96. The fraction of sp³-hybridized carbons (Fsp3) is 0.267. The van der Waals surface area contributed by atoms with Gasteiger partial charge >= 0.3 is 0 Å². The van der Waals surface area contributed by atoms with Gasteiger partial charge in [-0.25, -0.2) is 9.97 Å². The van der Waals surface area contributed by atoms with E-state index < -0.39 is 0 Å². The third-order valence-electron chi connectivity index (χ3n) is 2.88. The van der Waals surface area contributed by atoms with Crippen LogP contribution in [0.4, 0.5) is 5.82 Å². The van der Waals surface area contributed by atoms with E-state index in [9.17, 15) is 0 Å². The Morgan fingerprint density at radius 3 is 2.47 bits per heavy atom. The first-order valence-electron chi connectivity index (χ1n) is 6.24. The quantitative estimate of drug-likeness (QED) is 0.839. The van der Waals surface area contributed by atoms with Gasteiger partial charge in [-0.05, 0) is 19.4 Å². The molecule has 0 unspecified atom stereocenters. The molecule has 0 atom stereocenters. The van der Waals surface area contributed by atoms with Crippen molar-refractivity contribution >= 4 is 5.82 Å². The Morgan fingerprint density at radius 1 is 1.16 bits per heavy atom.